The zero-order valence-corrected chi connectivity index (χ0v) is 19.2. The number of rotatable bonds is 5. The van der Waals surface area contributed by atoms with Gasteiger partial charge in [0.25, 0.3) is 0 Å². The van der Waals surface area contributed by atoms with Gasteiger partial charge in [-0.05, 0) is 73.9 Å². The first kappa shape index (κ1) is 25.4. The summed E-state index contributed by atoms with van der Waals surface area (Å²) in [7, 11) is 0. The number of halogens is 1. The van der Waals surface area contributed by atoms with Crippen molar-refractivity contribution in [3.63, 3.8) is 0 Å². The molecule has 4 rings (SSSR count). The first-order valence-electron chi connectivity index (χ1n) is 11.7. The van der Waals surface area contributed by atoms with Crippen molar-refractivity contribution in [3.05, 3.63) is 65.5 Å². The molecule has 0 bridgehead atoms. The SMILES string of the molecule is O=C(O)C(=O)Oc1ccccc1CCN1CCCC(c2cccc(F)c2)C1.O=C1CCCCN1. The minimum absolute atomic E-state index is 0.209. The molecule has 2 aromatic rings. The fourth-order valence-corrected chi connectivity index (χ4v) is 4.25. The lowest BCUT2D eigenvalue weighted by Gasteiger charge is -2.33. The van der Waals surface area contributed by atoms with Gasteiger partial charge in [-0.1, -0.05) is 30.3 Å². The second kappa shape index (κ2) is 12.8. The summed E-state index contributed by atoms with van der Waals surface area (Å²) in [5, 5.41) is 11.5. The van der Waals surface area contributed by atoms with E-state index in [1.165, 1.54) is 6.07 Å². The van der Waals surface area contributed by atoms with Gasteiger partial charge in [-0.2, -0.15) is 0 Å². The van der Waals surface area contributed by atoms with Crippen LogP contribution in [-0.4, -0.2) is 54.0 Å². The van der Waals surface area contributed by atoms with Gasteiger partial charge in [-0.15, -0.1) is 0 Å². The van der Waals surface area contributed by atoms with E-state index in [2.05, 4.69) is 10.2 Å². The third-order valence-corrected chi connectivity index (χ3v) is 6.03. The predicted molar refractivity (Wildman–Crippen MR) is 125 cm³/mol. The number of ether oxygens (including phenoxy) is 1. The number of amides is 1. The van der Waals surface area contributed by atoms with Gasteiger partial charge in [-0.25, -0.2) is 14.0 Å². The molecule has 2 aliphatic heterocycles. The molecule has 182 valence electrons. The third-order valence-electron chi connectivity index (χ3n) is 6.03. The maximum atomic E-state index is 13.5. The number of esters is 1. The number of para-hydroxylation sites is 1. The van der Waals surface area contributed by atoms with Gasteiger partial charge < -0.3 is 20.1 Å². The van der Waals surface area contributed by atoms with Crippen LogP contribution in [0.3, 0.4) is 0 Å². The molecular formula is C26H31FN2O5. The number of aliphatic carboxylic acids is 1. The lowest BCUT2D eigenvalue weighted by atomic mass is 9.90. The van der Waals surface area contributed by atoms with Crippen LogP contribution in [0, 0.1) is 5.82 Å². The van der Waals surface area contributed by atoms with Crippen molar-refractivity contribution in [3.8, 4) is 5.75 Å². The van der Waals surface area contributed by atoms with Crippen LogP contribution in [0.5, 0.6) is 5.75 Å². The fraction of sp³-hybridized carbons (Fsp3) is 0.423. The van der Waals surface area contributed by atoms with Crippen molar-refractivity contribution < 1.29 is 28.6 Å². The molecule has 0 saturated carbocycles. The molecule has 8 heteroatoms. The summed E-state index contributed by atoms with van der Waals surface area (Å²) >= 11 is 0. The molecule has 2 aliphatic rings. The molecule has 1 amide bonds. The monoisotopic (exact) mass is 470 g/mol. The van der Waals surface area contributed by atoms with E-state index < -0.39 is 11.9 Å². The molecule has 0 aromatic heterocycles. The number of carbonyl (C=O) groups excluding carboxylic acids is 2. The fourth-order valence-electron chi connectivity index (χ4n) is 4.25. The summed E-state index contributed by atoms with van der Waals surface area (Å²) in [5.41, 5.74) is 1.82. The Morgan fingerprint density at radius 2 is 1.94 bits per heavy atom. The highest BCUT2D eigenvalue weighted by atomic mass is 19.1. The van der Waals surface area contributed by atoms with Crippen LogP contribution in [0.4, 0.5) is 4.39 Å². The molecule has 2 saturated heterocycles. The van der Waals surface area contributed by atoms with E-state index in [4.69, 9.17) is 9.84 Å². The van der Waals surface area contributed by atoms with Crippen LogP contribution in [0.25, 0.3) is 0 Å². The second-order valence-corrected chi connectivity index (χ2v) is 8.55. The highest BCUT2D eigenvalue weighted by Crippen LogP contribution is 2.28. The maximum Gasteiger partial charge on any atom is 0.422 e. The summed E-state index contributed by atoms with van der Waals surface area (Å²) in [5.74, 6) is -2.31. The first-order chi connectivity index (χ1) is 16.4. The predicted octanol–water partition coefficient (Wildman–Crippen LogP) is 3.52. The Bertz CT molecular complexity index is 989. The quantitative estimate of drug-likeness (QED) is 0.394. The van der Waals surface area contributed by atoms with Crippen LogP contribution >= 0.6 is 0 Å². The van der Waals surface area contributed by atoms with E-state index >= 15 is 0 Å². The largest absolute Gasteiger partial charge is 0.473 e. The molecule has 7 nitrogen and oxygen atoms in total. The van der Waals surface area contributed by atoms with E-state index in [1.807, 2.05) is 18.2 Å². The second-order valence-electron chi connectivity index (χ2n) is 8.55. The van der Waals surface area contributed by atoms with Crippen molar-refractivity contribution in [2.45, 2.75) is 44.4 Å². The highest BCUT2D eigenvalue weighted by molar-refractivity contribution is 6.29. The molecule has 2 aromatic carbocycles. The number of carboxylic acids is 1. The van der Waals surface area contributed by atoms with Crippen molar-refractivity contribution >= 4 is 17.8 Å². The van der Waals surface area contributed by atoms with E-state index in [-0.39, 0.29) is 17.5 Å². The number of carbonyl (C=O) groups is 3. The number of carboxylic acid groups (broad SMARTS) is 1. The van der Waals surface area contributed by atoms with Gasteiger partial charge >= 0.3 is 11.9 Å². The van der Waals surface area contributed by atoms with Crippen molar-refractivity contribution in [1.29, 1.82) is 0 Å². The summed E-state index contributed by atoms with van der Waals surface area (Å²) in [6, 6.07) is 13.7. The summed E-state index contributed by atoms with van der Waals surface area (Å²) in [4.78, 5) is 34.7. The van der Waals surface area contributed by atoms with Crippen LogP contribution < -0.4 is 10.1 Å². The van der Waals surface area contributed by atoms with Crippen LogP contribution in [0.1, 0.15) is 49.1 Å². The molecule has 34 heavy (non-hydrogen) atoms. The Balaban J connectivity index is 0.000000396. The maximum absolute atomic E-state index is 13.5. The Morgan fingerprint density at radius 3 is 2.62 bits per heavy atom. The molecule has 2 heterocycles. The minimum Gasteiger partial charge on any atom is -0.473 e. The molecule has 2 fully saturated rings. The number of nitrogens with zero attached hydrogens (tertiary/aromatic N) is 1. The minimum atomic E-state index is -1.61. The molecule has 2 N–H and O–H groups in total. The number of benzene rings is 2. The lowest BCUT2D eigenvalue weighted by molar-refractivity contribution is -0.158. The highest BCUT2D eigenvalue weighted by Gasteiger charge is 2.22. The Kier molecular flexibility index (Phi) is 9.58. The third kappa shape index (κ3) is 7.95. The standard InChI is InChI=1S/C21H22FNO4.C5H9NO/c22-18-8-3-6-16(13-18)17-7-4-11-23(14-17)12-10-15-5-1-2-9-19(15)27-21(26)20(24)25;7-5-3-1-2-4-6-5/h1-3,5-6,8-9,13,17H,4,7,10-12,14H2,(H,24,25);1-4H2,(H,6,7). The normalized spacial score (nSPS) is 18.3. The Hall–Kier alpha value is -3.26. The summed E-state index contributed by atoms with van der Waals surface area (Å²) in [6.45, 7) is 3.45. The van der Waals surface area contributed by atoms with Gasteiger partial charge in [0.15, 0.2) is 0 Å². The molecule has 1 unspecified atom stereocenters. The van der Waals surface area contributed by atoms with Crippen molar-refractivity contribution in [1.82, 2.24) is 10.2 Å². The van der Waals surface area contributed by atoms with Crippen LogP contribution in [0.15, 0.2) is 48.5 Å². The van der Waals surface area contributed by atoms with E-state index in [0.29, 0.717) is 12.3 Å². The van der Waals surface area contributed by atoms with Gasteiger partial charge in [0.05, 0.1) is 0 Å². The number of nitrogens with one attached hydrogen (secondary N) is 1. The van der Waals surface area contributed by atoms with Gasteiger partial charge in [-0.3, -0.25) is 4.79 Å². The number of hydrogen-bond donors (Lipinski definition) is 2. The first-order valence-corrected chi connectivity index (χ1v) is 11.7. The average Bonchev–Trinajstić information content (AvgIpc) is 2.84. The van der Waals surface area contributed by atoms with Gasteiger partial charge in [0, 0.05) is 26.1 Å². The van der Waals surface area contributed by atoms with Gasteiger partial charge in [0.2, 0.25) is 5.91 Å². The molecule has 1 atom stereocenters. The van der Waals surface area contributed by atoms with Crippen LogP contribution in [0.2, 0.25) is 0 Å². The zero-order valence-electron chi connectivity index (χ0n) is 19.2. The smallest absolute Gasteiger partial charge is 0.422 e. The summed E-state index contributed by atoms with van der Waals surface area (Å²) < 4.78 is 18.4. The molecule has 0 radical (unpaired) electrons. The average molecular weight is 471 g/mol. The molecule has 0 spiro atoms. The topological polar surface area (TPSA) is 95.9 Å². The van der Waals surface area contributed by atoms with Crippen molar-refractivity contribution in [2.24, 2.45) is 0 Å². The van der Waals surface area contributed by atoms with E-state index in [1.54, 1.807) is 24.3 Å². The van der Waals surface area contributed by atoms with Crippen LogP contribution in [-0.2, 0) is 20.8 Å². The molecule has 0 aliphatic carbocycles. The number of likely N-dealkylation sites (tertiary alicyclic amines) is 1. The van der Waals surface area contributed by atoms with Crippen molar-refractivity contribution in [2.75, 3.05) is 26.2 Å². The number of piperidine rings is 2. The lowest BCUT2D eigenvalue weighted by Crippen LogP contribution is -2.35. The summed E-state index contributed by atoms with van der Waals surface area (Å²) in [6.07, 6.45) is 5.68. The van der Waals surface area contributed by atoms with Gasteiger partial charge in [0.1, 0.15) is 11.6 Å². The zero-order chi connectivity index (χ0) is 24.3. The number of hydrogen-bond acceptors (Lipinski definition) is 5. The molecular weight excluding hydrogens is 439 g/mol. The van der Waals surface area contributed by atoms with E-state index in [0.717, 1.165) is 69.4 Å². The Labute approximate surface area is 198 Å². The Morgan fingerprint density at radius 1 is 1.12 bits per heavy atom. The van der Waals surface area contributed by atoms with E-state index in [9.17, 15) is 18.8 Å².